The third kappa shape index (κ3) is 2.86. The van der Waals surface area contributed by atoms with Gasteiger partial charge in [-0.3, -0.25) is 4.98 Å². The van der Waals surface area contributed by atoms with Crippen LogP contribution in [0.1, 0.15) is 32.3 Å². The van der Waals surface area contributed by atoms with E-state index < -0.39 is 0 Å². The molecule has 1 aromatic heterocycles. The van der Waals surface area contributed by atoms with Crippen LogP contribution in [0.5, 0.6) is 0 Å². The number of nitrogens with zero attached hydrogens (tertiary/aromatic N) is 2. The molecule has 0 amide bonds. The van der Waals surface area contributed by atoms with Gasteiger partial charge in [0.25, 0.3) is 0 Å². The molecular weight excluding hydrogens is 278 g/mol. The van der Waals surface area contributed by atoms with Crippen LogP contribution in [0.2, 0.25) is 0 Å². The number of aromatic nitrogens is 1. The van der Waals surface area contributed by atoms with E-state index in [1.165, 1.54) is 12.8 Å². The van der Waals surface area contributed by atoms with Crippen molar-refractivity contribution in [1.29, 1.82) is 0 Å². The molecule has 4 heteroatoms. The van der Waals surface area contributed by atoms with E-state index in [1.807, 2.05) is 24.4 Å². The quantitative estimate of drug-likeness (QED) is 0.858. The van der Waals surface area contributed by atoms with E-state index in [-0.39, 0.29) is 0 Å². The molecule has 1 aromatic carbocycles. The molecule has 0 spiro atoms. The van der Waals surface area contributed by atoms with E-state index >= 15 is 0 Å². The normalized spacial score (nSPS) is 14.6. The second-order valence-electron chi connectivity index (χ2n) is 6.09. The molecular formula is C17H21N3S. The van der Waals surface area contributed by atoms with Gasteiger partial charge >= 0.3 is 0 Å². The fourth-order valence-electron chi connectivity index (χ4n) is 2.76. The first-order valence-corrected chi connectivity index (χ1v) is 7.93. The Labute approximate surface area is 131 Å². The van der Waals surface area contributed by atoms with Crippen molar-refractivity contribution in [3.05, 3.63) is 36.0 Å². The number of benzene rings is 1. The first-order valence-electron chi connectivity index (χ1n) is 7.52. The van der Waals surface area contributed by atoms with E-state index in [0.29, 0.717) is 11.0 Å². The van der Waals surface area contributed by atoms with Gasteiger partial charge in [0, 0.05) is 24.2 Å². The molecule has 2 aromatic rings. The van der Waals surface area contributed by atoms with Crippen LogP contribution in [0.4, 0.5) is 5.69 Å². The van der Waals surface area contributed by atoms with Crippen LogP contribution < -0.4 is 10.6 Å². The molecule has 110 valence electrons. The van der Waals surface area contributed by atoms with Gasteiger partial charge in [-0.25, -0.2) is 0 Å². The molecule has 0 unspecified atom stereocenters. The molecule has 0 atom stereocenters. The van der Waals surface area contributed by atoms with Crippen LogP contribution in [-0.2, 0) is 0 Å². The smallest absolute Gasteiger partial charge is 0.107 e. The number of pyridine rings is 1. The van der Waals surface area contributed by atoms with Gasteiger partial charge < -0.3 is 10.6 Å². The summed E-state index contributed by atoms with van der Waals surface area (Å²) in [6.07, 6.45) is 4.48. The van der Waals surface area contributed by atoms with Gasteiger partial charge in [0.2, 0.25) is 0 Å². The molecule has 1 aliphatic rings. The number of anilines is 1. The Morgan fingerprint density at radius 2 is 2.10 bits per heavy atom. The van der Waals surface area contributed by atoms with E-state index in [9.17, 15) is 0 Å². The number of hydrogen-bond acceptors (Lipinski definition) is 3. The highest BCUT2D eigenvalue weighted by Crippen LogP contribution is 2.36. The summed E-state index contributed by atoms with van der Waals surface area (Å²) in [5.41, 5.74) is 8.98. The number of rotatable bonds is 5. The van der Waals surface area contributed by atoms with E-state index in [1.54, 1.807) is 0 Å². The molecule has 1 fully saturated rings. The molecule has 1 aliphatic carbocycles. The topological polar surface area (TPSA) is 42.1 Å². The number of para-hydroxylation sites is 1. The molecule has 3 nitrogen and oxygen atoms in total. The monoisotopic (exact) mass is 299 g/mol. The van der Waals surface area contributed by atoms with Crippen LogP contribution in [0.25, 0.3) is 10.9 Å². The summed E-state index contributed by atoms with van der Waals surface area (Å²) < 4.78 is 0. The molecule has 0 bridgehead atoms. The zero-order valence-electron chi connectivity index (χ0n) is 12.5. The minimum Gasteiger partial charge on any atom is -0.389 e. The molecule has 1 heterocycles. The molecule has 0 saturated heterocycles. The fraction of sp³-hybridized carbons (Fsp3) is 0.412. The van der Waals surface area contributed by atoms with Crippen molar-refractivity contribution in [2.45, 2.75) is 32.7 Å². The summed E-state index contributed by atoms with van der Waals surface area (Å²) in [5.74, 6) is 0.804. The Morgan fingerprint density at radius 1 is 1.38 bits per heavy atom. The molecule has 2 N–H and O–H groups in total. The van der Waals surface area contributed by atoms with Crippen molar-refractivity contribution in [2.75, 3.05) is 11.4 Å². The van der Waals surface area contributed by atoms with Gasteiger partial charge in [0.05, 0.1) is 16.8 Å². The second-order valence-corrected chi connectivity index (χ2v) is 6.53. The highest BCUT2D eigenvalue weighted by atomic mass is 32.1. The number of fused-ring (bicyclic) bond motifs is 1. The highest BCUT2D eigenvalue weighted by Gasteiger charge is 2.28. The van der Waals surface area contributed by atoms with Crippen molar-refractivity contribution in [3.63, 3.8) is 0 Å². The molecule has 0 radical (unpaired) electrons. The SMILES string of the molecule is CC(C)N(CC1CC1)c1c(C(N)=S)cnc2ccccc12. The van der Waals surface area contributed by atoms with Gasteiger partial charge in [0.1, 0.15) is 4.99 Å². The Hall–Kier alpha value is -1.68. The van der Waals surface area contributed by atoms with Crippen molar-refractivity contribution in [2.24, 2.45) is 11.7 Å². The first kappa shape index (κ1) is 14.3. The predicted molar refractivity (Wildman–Crippen MR) is 92.8 cm³/mol. The van der Waals surface area contributed by atoms with Crippen LogP contribution in [-0.4, -0.2) is 22.6 Å². The minimum absolute atomic E-state index is 0.407. The lowest BCUT2D eigenvalue weighted by molar-refractivity contribution is 0.646. The second kappa shape index (κ2) is 5.60. The van der Waals surface area contributed by atoms with Crippen LogP contribution in [0.3, 0.4) is 0 Å². The van der Waals surface area contributed by atoms with Gasteiger partial charge in [-0.1, -0.05) is 30.4 Å². The summed E-state index contributed by atoms with van der Waals surface area (Å²) in [6.45, 7) is 5.52. The zero-order valence-corrected chi connectivity index (χ0v) is 13.4. The summed E-state index contributed by atoms with van der Waals surface area (Å²) in [6, 6.07) is 8.62. The van der Waals surface area contributed by atoms with E-state index in [0.717, 1.165) is 34.6 Å². The maximum Gasteiger partial charge on any atom is 0.107 e. The lowest BCUT2D eigenvalue weighted by Crippen LogP contribution is -2.34. The van der Waals surface area contributed by atoms with Gasteiger partial charge in [0.15, 0.2) is 0 Å². The zero-order chi connectivity index (χ0) is 15.0. The lowest BCUT2D eigenvalue weighted by atomic mass is 10.1. The van der Waals surface area contributed by atoms with Crippen LogP contribution in [0, 0.1) is 5.92 Å². The van der Waals surface area contributed by atoms with E-state index in [4.69, 9.17) is 18.0 Å². The molecule has 21 heavy (non-hydrogen) atoms. The minimum atomic E-state index is 0.407. The fourth-order valence-corrected chi connectivity index (χ4v) is 2.90. The molecule has 3 rings (SSSR count). The first-order chi connectivity index (χ1) is 10.1. The lowest BCUT2D eigenvalue weighted by Gasteiger charge is -2.32. The summed E-state index contributed by atoms with van der Waals surface area (Å²) in [7, 11) is 0. The standard InChI is InChI=1S/C17H21N3S/c1-11(2)20(10-12-7-8-12)16-13-5-3-4-6-15(13)19-9-14(16)17(18)21/h3-6,9,11-12H,7-8,10H2,1-2H3,(H2,18,21). The predicted octanol–water partition coefficient (Wildman–Crippen LogP) is 3.49. The maximum absolute atomic E-state index is 5.95. The Morgan fingerprint density at radius 3 is 2.71 bits per heavy atom. The summed E-state index contributed by atoms with van der Waals surface area (Å²) >= 11 is 5.26. The van der Waals surface area contributed by atoms with Gasteiger partial charge in [-0.15, -0.1) is 0 Å². The van der Waals surface area contributed by atoms with Crippen LogP contribution >= 0.6 is 12.2 Å². The number of thiocarbonyl (C=S) groups is 1. The summed E-state index contributed by atoms with van der Waals surface area (Å²) in [4.78, 5) is 7.37. The van der Waals surface area contributed by atoms with Gasteiger partial charge in [-0.2, -0.15) is 0 Å². The Bertz CT molecular complexity index is 677. The average Bonchev–Trinajstić information content (AvgIpc) is 3.27. The maximum atomic E-state index is 5.95. The van der Waals surface area contributed by atoms with Gasteiger partial charge in [-0.05, 0) is 38.7 Å². The van der Waals surface area contributed by atoms with Crippen molar-refractivity contribution < 1.29 is 0 Å². The molecule has 0 aliphatic heterocycles. The third-order valence-electron chi connectivity index (χ3n) is 4.07. The van der Waals surface area contributed by atoms with Crippen molar-refractivity contribution in [3.8, 4) is 0 Å². The number of hydrogen-bond donors (Lipinski definition) is 1. The largest absolute Gasteiger partial charge is 0.389 e. The third-order valence-corrected chi connectivity index (χ3v) is 4.29. The average molecular weight is 299 g/mol. The Balaban J connectivity index is 2.20. The number of nitrogens with two attached hydrogens (primary N) is 1. The highest BCUT2D eigenvalue weighted by molar-refractivity contribution is 7.80. The Kier molecular flexibility index (Phi) is 3.81. The van der Waals surface area contributed by atoms with Crippen molar-refractivity contribution in [1.82, 2.24) is 4.98 Å². The summed E-state index contributed by atoms with van der Waals surface area (Å²) in [5, 5.41) is 1.14. The van der Waals surface area contributed by atoms with E-state index in [2.05, 4.69) is 29.8 Å². The molecule has 1 saturated carbocycles. The van der Waals surface area contributed by atoms with Crippen molar-refractivity contribution >= 4 is 33.8 Å². The van der Waals surface area contributed by atoms with Crippen LogP contribution in [0.15, 0.2) is 30.5 Å².